The van der Waals surface area contributed by atoms with Gasteiger partial charge in [0.05, 0.1) is 6.26 Å². The van der Waals surface area contributed by atoms with E-state index in [-0.39, 0.29) is 11.9 Å². The zero-order valence-electron chi connectivity index (χ0n) is 12.4. The van der Waals surface area contributed by atoms with Gasteiger partial charge in [0.25, 0.3) is 5.91 Å². The minimum atomic E-state index is -3.20. The van der Waals surface area contributed by atoms with Gasteiger partial charge in [-0.2, -0.15) is 0 Å². The lowest BCUT2D eigenvalue weighted by Gasteiger charge is -2.31. The van der Waals surface area contributed by atoms with Gasteiger partial charge in [0.1, 0.15) is 0 Å². The van der Waals surface area contributed by atoms with Crippen molar-refractivity contribution >= 4 is 26.8 Å². The second kappa shape index (κ2) is 5.73. The molecule has 0 spiro atoms. The molecule has 1 fully saturated rings. The van der Waals surface area contributed by atoms with E-state index in [1.54, 1.807) is 6.07 Å². The van der Waals surface area contributed by atoms with Gasteiger partial charge in [0.2, 0.25) is 10.0 Å². The van der Waals surface area contributed by atoms with E-state index in [1.165, 1.54) is 10.6 Å². The summed E-state index contributed by atoms with van der Waals surface area (Å²) >= 11 is 0. The Morgan fingerprint density at radius 1 is 1.36 bits per heavy atom. The van der Waals surface area contributed by atoms with Crippen molar-refractivity contribution in [3.63, 3.8) is 0 Å². The Kier molecular flexibility index (Phi) is 3.92. The summed E-state index contributed by atoms with van der Waals surface area (Å²) in [4.78, 5) is 15.4. The van der Waals surface area contributed by atoms with Crippen molar-refractivity contribution in [2.24, 2.45) is 0 Å². The van der Waals surface area contributed by atoms with Gasteiger partial charge in [-0.3, -0.25) is 4.79 Å². The van der Waals surface area contributed by atoms with E-state index < -0.39 is 10.0 Å². The van der Waals surface area contributed by atoms with E-state index in [0.29, 0.717) is 18.7 Å². The van der Waals surface area contributed by atoms with Crippen LogP contribution in [-0.4, -0.2) is 49.0 Å². The monoisotopic (exact) mass is 321 g/mol. The molecule has 6 nitrogen and oxygen atoms in total. The van der Waals surface area contributed by atoms with E-state index in [9.17, 15) is 13.2 Å². The molecular weight excluding hydrogens is 302 g/mol. The number of rotatable bonds is 3. The Bertz CT molecular complexity index is 797. The van der Waals surface area contributed by atoms with Crippen LogP contribution in [0.5, 0.6) is 0 Å². The van der Waals surface area contributed by atoms with Crippen molar-refractivity contribution in [1.82, 2.24) is 14.6 Å². The number of hydrogen-bond donors (Lipinski definition) is 2. The maximum atomic E-state index is 12.3. The van der Waals surface area contributed by atoms with Gasteiger partial charge < -0.3 is 10.3 Å². The van der Waals surface area contributed by atoms with Crippen molar-refractivity contribution in [2.75, 3.05) is 19.3 Å². The number of piperidine rings is 1. The molecule has 7 heteroatoms. The summed E-state index contributed by atoms with van der Waals surface area (Å²) in [5.41, 5.74) is 1.49. The Morgan fingerprint density at radius 2 is 2.18 bits per heavy atom. The smallest absolute Gasteiger partial charge is 0.251 e. The first-order valence-corrected chi connectivity index (χ1v) is 9.11. The fraction of sp³-hybridized carbons (Fsp3) is 0.400. The largest absolute Gasteiger partial charge is 0.361 e. The molecule has 0 saturated carbocycles. The van der Waals surface area contributed by atoms with Crippen LogP contribution in [0.15, 0.2) is 30.5 Å². The van der Waals surface area contributed by atoms with Crippen LogP contribution in [0.1, 0.15) is 23.2 Å². The molecule has 1 atom stereocenters. The molecule has 1 amide bonds. The van der Waals surface area contributed by atoms with Gasteiger partial charge in [0, 0.05) is 36.4 Å². The first-order valence-electron chi connectivity index (χ1n) is 7.26. The Hall–Kier alpha value is -1.86. The normalized spacial score (nSPS) is 20.1. The highest BCUT2D eigenvalue weighted by Crippen LogP contribution is 2.16. The van der Waals surface area contributed by atoms with Crippen LogP contribution in [0.2, 0.25) is 0 Å². The fourth-order valence-corrected chi connectivity index (χ4v) is 3.73. The highest BCUT2D eigenvalue weighted by Gasteiger charge is 2.27. The number of hydrogen-bond acceptors (Lipinski definition) is 3. The molecule has 2 heterocycles. The second-order valence-electron chi connectivity index (χ2n) is 5.71. The summed E-state index contributed by atoms with van der Waals surface area (Å²) in [5.74, 6) is -0.170. The number of nitrogens with one attached hydrogen (secondary N) is 2. The molecule has 1 saturated heterocycles. The van der Waals surface area contributed by atoms with Crippen molar-refractivity contribution in [1.29, 1.82) is 0 Å². The van der Waals surface area contributed by atoms with Gasteiger partial charge in [-0.1, -0.05) is 6.07 Å². The van der Waals surface area contributed by atoms with Crippen LogP contribution in [-0.2, 0) is 10.0 Å². The highest BCUT2D eigenvalue weighted by atomic mass is 32.2. The van der Waals surface area contributed by atoms with Crippen molar-refractivity contribution < 1.29 is 13.2 Å². The summed E-state index contributed by atoms with van der Waals surface area (Å²) in [5, 5.41) is 3.99. The molecule has 22 heavy (non-hydrogen) atoms. The van der Waals surface area contributed by atoms with Crippen LogP contribution in [0.3, 0.4) is 0 Å². The molecule has 3 rings (SSSR count). The lowest BCUT2D eigenvalue weighted by atomic mass is 10.1. The number of fused-ring (bicyclic) bond motifs is 1. The van der Waals surface area contributed by atoms with Crippen molar-refractivity contribution in [2.45, 2.75) is 18.9 Å². The van der Waals surface area contributed by atoms with Gasteiger partial charge >= 0.3 is 0 Å². The van der Waals surface area contributed by atoms with Crippen LogP contribution in [0.4, 0.5) is 0 Å². The number of carbonyl (C=O) groups excluding carboxylic acids is 1. The zero-order valence-corrected chi connectivity index (χ0v) is 13.2. The molecule has 0 aliphatic carbocycles. The first-order chi connectivity index (χ1) is 10.4. The summed E-state index contributed by atoms with van der Waals surface area (Å²) in [6.45, 7) is 0.870. The summed E-state index contributed by atoms with van der Waals surface area (Å²) in [6.07, 6.45) is 4.59. The molecule has 1 aromatic heterocycles. The standard InChI is InChI=1S/C15H19N3O3S/c1-22(20,21)18-8-2-3-13(10-18)17-15(19)12-5-4-11-6-7-16-14(11)9-12/h4-7,9,13,16H,2-3,8,10H2,1H3,(H,17,19). The van der Waals surface area contributed by atoms with Gasteiger partial charge in [-0.15, -0.1) is 0 Å². The third-order valence-corrected chi connectivity index (χ3v) is 5.28. The number of benzene rings is 1. The number of H-pyrrole nitrogens is 1. The SMILES string of the molecule is CS(=O)(=O)N1CCCC(NC(=O)c2ccc3cc[nH]c3c2)C1. The molecule has 1 unspecified atom stereocenters. The number of aromatic nitrogens is 1. The molecule has 2 aromatic rings. The zero-order chi connectivity index (χ0) is 15.7. The lowest BCUT2D eigenvalue weighted by Crippen LogP contribution is -2.49. The quantitative estimate of drug-likeness (QED) is 0.894. The van der Waals surface area contributed by atoms with Gasteiger partial charge in [-0.05, 0) is 36.4 Å². The number of amides is 1. The van der Waals surface area contributed by atoms with E-state index in [1.807, 2.05) is 24.4 Å². The number of aromatic amines is 1. The molecule has 0 radical (unpaired) electrons. The van der Waals surface area contributed by atoms with Crippen LogP contribution < -0.4 is 5.32 Å². The molecule has 2 N–H and O–H groups in total. The third-order valence-electron chi connectivity index (χ3n) is 4.01. The molecule has 1 aliphatic rings. The maximum absolute atomic E-state index is 12.3. The van der Waals surface area contributed by atoms with Crippen LogP contribution in [0, 0.1) is 0 Å². The van der Waals surface area contributed by atoms with E-state index in [2.05, 4.69) is 10.3 Å². The highest BCUT2D eigenvalue weighted by molar-refractivity contribution is 7.88. The number of sulfonamides is 1. The van der Waals surface area contributed by atoms with Crippen LogP contribution in [0.25, 0.3) is 10.9 Å². The summed E-state index contributed by atoms with van der Waals surface area (Å²) in [7, 11) is -3.20. The van der Waals surface area contributed by atoms with Gasteiger partial charge in [-0.25, -0.2) is 12.7 Å². The lowest BCUT2D eigenvalue weighted by molar-refractivity contribution is 0.0921. The maximum Gasteiger partial charge on any atom is 0.251 e. The number of carbonyl (C=O) groups is 1. The van der Waals surface area contributed by atoms with E-state index in [4.69, 9.17) is 0 Å². The Morgan fingerprint density at radius 3 is 2.95 bits per heavy atom. The van der Waals surface area contributed by atoms with Crippen molar-refractivity contribution in [3.05, 3.63) is 36.0 Å². The minimum Gasteiger partial charge on any atom is -0.361 e. The predicted octanol–water partition coefficient (Wildman–Crippen LogP) is 1.32. The average Bonchev–Trinajstić information content (AvgIpc) is 2.94. The second-order valence-corrected chi connectivity index (χ2v) is 7.70. The molecule has 1 aromatic carbocycles. The fourth-order valence-electron chi connectivity index (χ4n) is 2.82. The van der Waals surface area contributed by atoms with E-state index in [0.717, 1.165) is 23.7 Å². The minimum absolute atomic E-state index is 0.143. The van der Waals surface area contributed by atoms with E-state index >= 15 is 0 Å². The Balaban J connectivity index is 1.70. The molecule has 0 bridgehead atoms. The van der Waals surface area contributed by atoms with Crippen LogP contribution >= 0.6 is 0 Å². The first kappa shape index (κ1) is 15.1. The molecule has 118 valence electrons. The number of nitrogens with zero attached hydrogens (tertiary/aromatic N) is 1. The van der Waals surface area contributed by atoms with Crippen molar-refractivity contribution in [3.8, 4) is 0 Å². The summed E-state index contributed by atoms with van der Waals surface area (Å²) in [6, 6.07) is 7.28. The Labute approximate surface area is 129 Å². The molecule has 1 aliphatic heterocycles. The predicted molar refractivity (Wildman–Crippen MR) is 85.2 cm³/mol. The summed E-state index contributed by atoms with van der Waals surface area (Å²) < 4.78 is 24.7. The van der Waals surface area contributed by atoms with Gasteiger partial charge in [0.15, 0.2) is 0 Å². The molecular formula is C15H19N3O3S. The topological polar surface area (TPSA) is 82.3 Å². The third kappa shape index (κ3) is 3.15. The average molecular weight is 321 g/mol.